The molecule has 15 heteroatoms. The number of rotatable bonds is 11. The summed E-state index contributed by atoms with van der Waals surface area (Å²) in [5, 5.41) is 1.36. The van der Waals surface area contributed by atoms with Crippen molar-refractivity contribution >= 4 is 41.7 Å². The largest absolute Gasteiger partial charge is 0.468 e. The third-order valence-electron chi connectivity index (χ3n) is 14.4. The summed E-state index contributed by atoms with van der Waals surface area (Å²) < 4.78 is 72.8. The maximum Gasteiger partial charge on any atom is 0.410 e. The number of methoxy groups -OCH3 is 1. The van der Waals surface area contributed by atoms with E-state index < -0.39 is 37.0 Å². The van der Waals surface area contributed by atoms with Gasteiger partial charge in [0.2, 0.25) is 0 Å². The first-order chi connectivity index (χ1) is 30.9. The monoisotopic (exact) mass is 914 g/mol. The van der Waals surface area contributed by atoms with Gasteiger partial charge in [0, 0.05) is 50.3 Å². The fourth-order valence-corrected chi connectivity index (χ4v) is 16.8. The molecule has 4 fully saturated rings. The van der Waals surface area contributed by atoms with Gasteiger partial charge in [0.25, 0.3) is 0 Å². The standard InChI is InChI=1S/C50H65F3N6O5Si/c1-30(2)65(31(3)4,32(5)6)20-17-38-41(52)16-13-33-21-37(63-29-61-10)22-39(42(33)38)44-43(53)45-40(24-54-44)46(57-26-35-14-15-36(27-57)59(35)48(60)64-49(7,8)9)56-47(55-45)62-28-50-18-11-12-19-58(50)25-34(51)23-50/h13,16,21-22,24,30-32,34-36H,11-12,14-15,18-19,23,25-29H2,1-10H3/t34-,35-,36+,50+/m1/s1. The minimum atomic E-state index is -2.33. The number of benzene rings is 2. The molecular formula is C50H65F3N6O5Si. The van der Waals surface area contributed by atoms with Gasteiger partial charge in [-0.2, -0.15) is 9.97 Å². The van der Waals surface area contributed by atoms with E-state index in [2.05, 4.69) is 62.8 Å². The number of aromatic nitrogens is 3. The first-order valence-electron chi connectivity index (χ1n) is 23.4. The number of fused-ring (bicyclic) bond motifs is 5. The zero-order chi connectivity index (χ0) is 46.6. The molecule has 0 spiro atoms. The topological polar surface area (TPSA) is 102 Å². The maximum atomic E-state index is 17.9. The molecule has 4 aliphatic heterocycles. The molecule has 4 aromatic rings. The first-order valence-corrected chi connectivity index (χ1v) is 25.6. The predicted molar refractivity (Wildman–Crippen MR) is 251 cm³/mol. The lowest BCUT2D eigenvalue weighted by atomic mass is 9.87. The molecule has 8 rings (SSSR count). The van der Waals surface area contributed by atoms with E-state index in [1.807, 2.05) is 25.7 Å². The Morgan fingerprint density at radius 1 is 0.969 bits per heavy atom. The van der Waals surface area contributed by atoms with E-state index in [0.717, 1.165) is 38.6 Å². The molecule has 2 bridgehead atoms. The van der Waals surface area contributed by atoms with Crippen molar-refractivity contribution in [3.8, 4) is 34.5 Å². The molecular weight excluding hydrogens is 850 g/mol. The van der Waals surface area contributed by atoms with Crippen LogP contribution in [-0.4, -0.2) is 115 Å². The molecule has 0 aliphatic carbocycles. The summed E-state index contributed by atoms with van der Waals surface area (Å²) in [7, 11) is -0.818. The minimum Gasteiger partial charge on any atom is -0.468 e. The van der Waals surface area contributed by atoms with Gasteiger partial charge in [0.15, 0.2) is 12.6 Å². The van der Waals surface area contributed by atoms with E-state index in [9.17, 15) is 4.79 Å². The zero-order valence-corrected chi connectivity index (χ0v) is 40.7. The molecule has 1 amide bonds. The van der Waals surface area contributed by atoms with Crippen LogP contribution in [0, 0.1) is 23.1 Å². The number of amides is 1. The van der Waals surface area contributed by atoms with Crippen LogP contribution in [0.3, 0.4) is 0 Å². The number of piperazine rings is 1. The number of hydrogen-bond acceptors (Lipinski definition) is 10. The van der Waals surface area contributed by atoms with Gasteiger partial charge in [-0.25, -0.2) is 18.0 Å². The lowest BCUT2D eigenvalue weighted by molar-refractivity contribution is 0.0122. The molecule has 2 aromatic heterocycles. The summed E-state index contributed by atoms with van der Waals surface area (Å²) in [4.78, 5) is 34.1. The van der Waals surface area contributed by atoms with Gasteiger partial charge in [0.1, 0.15) is 55.0 Å². The molecule has 0 unspecified atom stereocenters. The summed E-state index contributed by atoms with van der Waals surface area (Å²) >= 11 is 0. The third kappa shape index (κ3) is 8.87. The van der Waals surface area contributed by atoms with Crippen LogP contribution in [0.15, 0.2) is 30.5 Å². The summed E-state index contributed by atoms with van der Waals surface area (Å²) in [6, 6.07) is 6.10. The lowest BCUT2D eigenvalue weighted by Crippen LogP contribution is -2.57. The number of alkyl halides is 1. The van der Waals surface area contributed by atoms with E-state index in [0.29, 0.717) is 70.4 Å². The van der Waals surface area contributed by atoms with E-state index in [-0.39, 0.29) is 59.9 Å². The molecule has 0 saturated carbocycles. The molecule has 2 aromatic carbocycles. The van der Waals surface area contributed by atoms with Gasteiger partial charge in [-0.3, -0.25) is 14.8 Å². The van der Waals surface area contributed by atoms with Crippen molar-refractivity contribution in [1.82, 2.24) is 24.8 Å². The number of carbonyl (C=O) groups excluding carboxylic acids is 1. The van der Waals surface area contributed by atoms with Crippen molar-refractivity contribution in [3.63, 3.8) is 0 Å². The van der Waals surface area contributed by atoms with Crippen molar-refractivity contribution in [2.24, 2.45) is 0 Å². The van der Waals surface area contributed by atoms with Crippen LogP contribution < -0.4 is 14.4 Å². The SMILES string of the molecule is COCOc1cc(-c2ncc3c(N4C[C@H]5CC[C@@H](C4)N5C(=O)OC(C)(C)C)nc(OC[C@@]45CCCCN4C[C@H](F)C5)nc3c2F)c2c(C#C[Si](C(C)C)(C(C)C)C(C)C)c(F)ccc2c1. The van der Waals surface area contributed by atoms with Crippen molar-refractivity contribution < 1.29 is 36.9 Å². The smallest absolute Gasteiger partial charge is 0.410 e. The summed E-state index contributed by atoms with van der Waals surface area (Å²) in [6.45, 7) is 20.8. The van der Waals surface area contributed by atoms with Gasteiger partial charge in [-0.1, -0.05) is 60.0 Å². The second-order valence-electron chi connectivity index (χ2n) is 20.6. The van der Waals surface area contributed by atoms with Gasteiger partial charge in [0.05, 0.1) is 28.6 Å². The van der Waals surface area contributed by atoms with Crippen molar-refractivity contribution in [3.05, 3.63) is 47.7 Å². The Morgan fingerprint density at radius 2 is 1.68 bits per heavy atom. The fourth-order valence-electron chi connectivity index (χ4n) is 11.5. The van der Waals surface area contributed by atoms with Crippen molar-refractivity contribution in [2.45, 2.75) is 147 Å². The maximum absolute atomic E-state index is 17.9. The molecule has 4 saturated heterocycles. The molecule has 4 aliphatic rings. The Hall–Kier alpha value is -4.65. The van der Waals surface area contributed by atoms with Gasteiger partial charge in [-0.15, -0.1) is 5.54 Å². The number of carbonyl (C=O) groups is 1. The number of piperidine rings is 1. The summed E-state index contributed by atoms with van der Waals surface area (Å²) in [6.07, 6.45) is 4.86. The average Bonchev–Trinajstić information content (AvgIpc) is 3.73. The first kappa shape index (κ1) is 46.9. The highest BCUT2D eigenvalue weighted by atomic mass is 28.3. The highest BCUT2D eigenvalue weighted by molar-refractivity contribution is 6.90. The molecule has 11 nitrogen and oxygen atoms in total. The zero-order valence-electron chi connectivity index (χ0n) is 39.7. The van der Waals surface area contributed by atoms with E-state index in [1.54, 1.807) is 24.4 Å². The fraction of sp³-hybridized carbons (Fsp3) is 0.600. The second kappa shape index (κ2) is 18.2. The normalized spacial score (nSPS) is 22.6. The van der Waals surface area contributed by atoms with E-state index in [1.165, 1.54) is 13.2 Å². The van der Waals surface area contributed by atoms with Crippen LogP contribution >= 0.6 is 0 Å². The van der Waals surface area contributed by atoms with E-state index in [4.69, 9.17) is 33.9 Å². The number of nitrogens with zero attached hydrogens (tertiary/aromatic N) is 6. The van der Waals surface area contributed by atoms with Crippen LogP contribution in [0.25, 0.3) is 32.9 Å². The van der Waals surface area contributed by atoms with Gasteiger partial charge in [-0.05, 0) is 93.2 Å². The Morgan fingerprint density at radius 3 is 2.34 bits per heavy atom. The molecule has 65 heavy (non-hydrogen) atoms. The number of hydrogen-bond donors (Lipinski definition) is 0. The average molecular weight is 915 g/mol. The molecule has 0 radical (unpaired) electrons. The lowest BCUT2D eigenvalue weighted by Gasteiger charge is -2.42. The Balaban J connectivity index is 1.29. The van der Waals surface area contributed by atoms with Gasteiger partial charge >= 0.3 is 12.1 Å². The van der Waals surface area contributed by atoms with Crippen LogP contribution in [0.1, 0.15) is 106 Å². The Labute approximate surface area is 382 Å². The number of anilines is 1. The van der Waals surface area contributed by atoms with E-state index >= 15 is 13.2 Å². The predicted octanol–water partition coefficient (Wildman–Crippen LogP) is 10.6. The Kier molecular flexibility index (Phi) is 13.1. The highest BCUT2D eigenvalue weighted by Gasteiger charge is 2.49. The van der Waals surface area contributed by atoms with Crippen LogP contribution in [0.2, 0.25) is 16.6 Å². The number of ether oxygens (including phenoxy) is 4. The number of pyridine rings is 1. The molecule has 6 heterocycles. The van der Waals surface area contributed by atoms with Gasteiger partial charge < -0.3 is 23.8 Å². The summed E-state index contributed by atoms with van der Waals surface area (Å²) in [5.74, 6) is 2.87. The number of halogens is 3. The minimum absolute atomic E-state index is 0.0315. The van der Waals surface area contributed by atoms with Crippen LogP contribution in [0.5, 0.6) is 11.8 Å². The van der Waals surface area contributed by atoms with Crippen molar-refractivity contribution in [1.29, 1.82) is 0 Å². The second-order valence-corrected chi connectivity index (χ2v) is 26.2. The van der Waals surface area contributed by atoms with Crippen molar-refractivity contribution in [2.75, 3.05) is 51.6 Å². The van der Waals surface area contributed by atoms with Crippen LogP contribution in [0.4, 0.5) is 23.8 Å². The molecule has 350 valence electrons. The molecule has 4 atom stereocenters. The molecule has 0 N–H and O–H groups in total. The Bertz CT molecular complexity index is 2470. The quantitative estimate of drug-likeness (QED) is 0.0821. The highest BCUT2D eigenvalue weighted by Crippen LogP contribution is 2.44. The summed E-state index contributed by atoms with van der Waals surface area (Å²) in [5.41, 5.74) is 3.76. The van der Waals surface area contributed by atoms with Crippen LogP contribution in [-0.2, 0) is 9.47 Å². The third-order valence-corrected chi connectivity index (χ3v) is 20.7.